The number of rotatable bonds is 4. The SMILES string of the molecule is CO[C@H]1CCC[C@H](C(=O)N2CCC(n3c(C(C)C)nc4sc(C)c(C)c4c3=O)CC2)C1. The van der Waals surface area contributed by atoms with Gasteiger partial charge in [0.2, 0.25) is 5.91 Å². The molecule has 0 radical (unpaired) electrons. The Morgan fingerprint density at radius 2 is 1.87 bits per heavy atom. The van der Waals surface area contributed by atoms with Gasteiger partial charge in [0, 0.05) is 43.0 Å². The Morgan fingerprint density at radius 3 is 2.52 bits per heavy atom. The lowest BCUT2D eigenvalue weighted by molar-refractivity contribution is -0.139. The molecule has 0 unspecified atom stereocenters. The Balaban J connectivity index is 1.55. The van der Waals surface area contributed by atoms with Gasteiger partial charge in [-0.1, -0.05) is 20.3 Å². The molecule has 1 aliphatic heterocycles. The monoisotopic (exact) mass is 445 g/mol. The van der Waals surface area contributed by atoms with Gasteiger partial charge in [0.1, 0.15) is 10.7 Å². The predicted octanol–water partition coefficient (Wildman–Crippen LogP) is 4.57. The van der Waals surface area contributed by atoms with E-state index in [0.717, 1.165) is 65.0 Å². The first kappa shape index (κ1) is 22.5. The van der Waals surface area contributed by atoms with Crippen LogP contribution in [-0.2, 0) is 9.53 Å². The molecule has 1 aliphatic carbocycles. The summed E-state index contributed by atoms with van der Waals surface area (Å²) in [4.78, 5) is 35.6. The van der Waals surface area contributed by atoms with Crippen molar-refractivity contribution in [2.75, 3.05) is 20.2 Å². The minimum Gasteiger partial charge on any atom is -0.381 e. The summed E-state index contributed by atoms with van der Waals surface area (Å²) in [5.41, 5.74) is 1.15. The van der Waals surface area contributed by atoms with Crippen LogP contribution in [0.1, 0.15) is 80.6 Å². The van der Waals surface area contributed by atoms with Crippen molar-refractivity contribution < 1.29 is 9.53 Å². The second-order valence-corrected chi connectivity index (χ2v) is 10.7. The summed E-state index contributed by atoms with van der Waals surface area (Å²) in [5.74, 6) is 1.40. The van der Waals surface area contributed by atoms with Crippen molar-refractivity contribution in [1.29, 1.82) is 0 Å². The van der Waals surface area contributed by atoms with E-state index in [4.69, 9.17) is 9.72 Å². The summed E-state index contributed by atoms with van der Waals surface area (Å²) in [6, 6.07) is 0.100. The van der Waals surface area contributed by atoms with Crippen LogP contribution in [0, 0.1) is 19.8 Å². The van der Waals surface area contributed by atoms with Crippen molar-refractivity contribution >= 4 is 27.5 Å². The van der Waals surface area contributed by atoms with Gasteiger partial charge in [0.15, 0.2) is 0 Å². The number of aryl methyl sites for hydroxylation is 2. The Labute approximate surface area is 188 Å². The summed E-state index contributed by atoms with van der Waals surface area (Å²) >= 11 is 1.61. The molecule has 31 heavy (non-hydrogen) atoms. The first-order chi connectivity index (χ1) is 14.8. The van der Waals surface area contributed by atoms with Gasteiger partial charge in [-0.3, -0.25) is 14.2 Å². The molecule has 2 aliphatic rings. The number of piperidine rings is 1. The Bertz CT molecular complexity index is 1020. The number of aromatic nitrogens is 2. The van der Waals surface area contributed by atoms with Gasteiger partial charge < -0.3 is 9.64 Å². The van der Waals surface area contributed by atoms with Crippen molar-refractivity contribution in [1.82, 2.24) is 14.5 Å². The summed E-state index contributed by atoms with van der Waals surface area (Å²) < 4.78 is 7.47. The molecule has 6 nitrogen and oxygen atoms in total. The summed E-state index contributed by atoms with van der Waals surface area (Å²) in [7, 11) is 1.74. The number of methoxy groups -OCH3 is 1. The molecule has 1 amide bonds. The van der Waals surface area contributed by atoms with Crippen LogP contribution in [0.5, 0.6) is 0 Å². The first-order valence-corrected chi connectivity index (χ1v) is 12.5. The molecule has 0 bridgehead atoms. The summed E-state index contributed by atoms with van der Waals surface area (Å²) in [6.07, 6.45) is 5.74. The highest BCUT2D eigenvalue weighted by Gasteiger charge is 2.33. The molecule has 2 atom stereocenters. The van der Waals surface area contributed by atoms with Crippen LogP contribution in [0.4, 0.5) is 0 Å². The summed E-state index contributed by atoms with van der Waals surface area (Å²) in [6.45, 7) is 9.71. The zero-order valence-electron chi connectivity index (χ0n) is 19.4. The zero-order chi connectivity index (χ0) is 22.3. The number of thiophene rings is 1. The van der Waals surface area contributed by atoms with Crippen LogP contribution in [0.25, 0.3) is 10.2 Å². The van der Waals surface area contributed by atoms with Gasteiger partial charge in [0.05, 0.1) is 11.5 Å². The number of hydrogen-bond acceptors (Lipinski definition) is 5. The number of hydrogen-bond donors (Lipinski definition) is 0. The average molecular weight is 446 g/mol. The van der Waals surface area contributed by atoms with Crippen molar-refractivity contribution in [3.63, 3.8) is 0 Å². The molecule has 2 aromatic heterocycles. The average Bonchev–Trinajstić information content (AvgIpc) is 3.07. The number of amides is 1. The van der Waals surface area contributed by atoms with Crippen molar-refractivity contribution in [3.8, 4) is 0 Å². The molecule has 1 saturated heterocycles. The molecule has 0 spiro atoms. The number of fused-ring (bicyclic) bond motifs is 1. The Kier molecular flexibility index (Phi) is 6.54. The molecular weight excluding hydrogens is 410 g/mol. The van der Waals surface area contributed by atoms with Crippen LogP contribution in [0.15, 0.2) is 4.79 Å². The second kappa shape index (κ2) is 9.02. The Morgan fingerprint density at radius 1 is 1.16 bits per heavy atom. The fourth-order valence-electron chi connectivity index (χ4n) is 5.27. The van der Waals surface area contributed by atoms with E-state index in [1.165, 1.54) is 0 Å². The van der Waals surface area contributed by atoms with E-state index in [-0.39, 0.29) is 35.4 Å². The third kappa shape index (κ3) is 4.19. The lowest BCUT2D eigenvalue weighted by Crippen LogP contribution is -2.45. The van der Waals surface area contributed by atoms with E-state index in [0.29, 0.717) is 13.1 Å². The Hall–Kier alpha value is -1.73. The highest BCUT2D eigenvalue weighted by atomic mass is 32.1. The van der Waals surface area contributed by atoms with Crippen molar-refractivity contribution in [2.45, 2.75) is 84.3 Å². The van der Waals surface area contributed by atoms with Crippen LogP contribution in [0.2, 0.25) is 0 Å². The number of carbonyl (C=O) groups excluding carboxylic acids is 1. The third-order valence-electron chi connectivity index (χ3n) is 7.23. The lowest BCUT2D eigenvalue weighted by atomic mass is 9.85. The van der Waals surface area contributed by atoms with Gasteiger partial charge in [-0.2, -0.15) is 0 Å². The molecule has 3 heterocycles. The van der Waals surface area contributed by atoms with Gasteiger partial charge in [-0.15, -0.1) is 11.3 Å². The first-order valence-electron chi connectivity index (χ1n) is 11.7. The van der Waals surface area contributed by atoms with Crippen LogP contribution in [-0.4, -0.2) is 46.7 Å². The smallest absolute Gasteiger partial charge is 0.262 e. The minimum absolute atomic E-state index is 0.0821. The van der Waals surface area contributed by atoms with Gasteiger partial charge in [0.25, 0.3) is 5.56 Å². The normalized spacial score (nSPS) is 23.1. The second-order valence-electron chi connectivity index (χ2n) is 9.54. The summed E-state index contributed by atoms with van der Waals surface area (Å²) in [5, 5.41) is 0.776. The third-order valence-corrected chi connectivity index (χ3v) is 8.33. The van der Waals surface area contributed by atoms with Crippen molar-refractivity contribution in [3.05, 3.63) is 26.6 Å². The quantitative estimate of drug-likeness (QED) is 0.692. The largest absolute Gasteiger partial charge is 0.381 e. The maximum Gasteiger partial charge on any atom is 0.262 e. The van der Waals surface area contributed by atoms with Crippen molar-refractivity contribution in [2.24, 2.45) is 5.92 Å². The van der Waals surface area contributed by atoms with Gasteiger partial charge in [-0.25, -0.2) is 4.98 Å². The molecule has 0 aromatic carbocycles. The molecule has 1 saturated carbocycles. The van der Waals surface area contributed by atoms with Gasteiger partial charge >= 0.3 is 0 Å². The zero-order valence-corrected chi connectivity index (χ0v) is 20.3. The molecule has 0 N–H and O–H groups in total. The molecule has 7 heteroatoms. The van der Waals surface area contributed by atoms with E-state index >= 15 is 0 Å². The highest BCUT2D eigenvalue weighted by Crippen LogP contribution is 2.33. The molecule has 2 fully saturated rings. The van der Waals surface area contributed by atoms with Gasteiger partial charge in [-0.05, 0) is 51.5 Å². The van der Waals surface area contributed by atoms with Crippen LogP contribution >= 0.6 is 11.3 Å². The molecule has 170 valence electrons. The minimum atomic E-state index is 0.0821. The fourth-order valence-corrected chi connectivity index (χ4v) is 6.29. The highest BCUT2D eigenvalue weighted by molar-refractivity contribution is 7.18. The predicted molar refractivity (Wildman–Crippen MR) is 125 cm³/mol. The number of carbonyl (C=O) groups is 1. The maximum absolute atomic E-state index is 13.6. The van der Waals surface area contributed by atoms with E-state index < -0.39 is 0 Å². The van der Waals surface area contributed by atoms with E-state index in [1.807, 2.05) is 16.4 Å². The van der Waals surface area contributed by atoms with Crippen LogP contribution in [0.3, 0.4) is 0 Å². The van der Waals surface area contributed by atoms with E-state index in [2.05, 4.69) is 20.8 Å². The van der Waals surface area contributed by atoms with E-state index in [1.54, 1.807) is 18.4 Å². The fraction of sp³-hybridized carbons (Fsp3) is 0.708. The molecule has 4 rings (SSSR count). The molecular formula is C24H35N3O3S. The van der Waals surface area contributed by atoms with Crippen LogP contribution < -0.4 is 5.56 Å². The molecule has 2 aromatic rings. The van der Waals surface area contributed by atoms with E-state index in [9.17, 15) is 9.59 Å². The number of ether oxygens (including phenoxy) is 1. The lowest BCUT2D eigenvalue weighted by Gasteiger charge is -2.37. The topological polar surface area (TPSA) is 64.4 Å². The maximum atomic E-state index is 13.6. The standard InChI is InChI=1S/C24H35N3O3S/c1-14(2)21-25-22-20(15(3)16(4)31-22)24(29)27(21)18-9-11-26(12-10-18)23(28)17-7-6-8-19(13-17)30-5/h14,17-19H,6-13H2,1-5H3/t17-,19-/m0/s1. The number of likely N-dealkylation sites (tertiary alicyclic amines) is 1. The number of nitrogens with zero attached hydrogens (tertiary/aromatic N) is 3.